The molecule has 2 N–H and O–H groups in total. The van der Waals surface area contributed by atoms with E-state index in [0.717, 1.165) is 57.8 Å². The highest BCUT2D eigenvalue weighted by Gasteiger charge is 2.31. The van der Waals surface area contributed by atoms with Gasteiger partial charge in [0.25, 0.3) is 5.91 Å². The number of ether oxygens (including phenoxy) is 1. The maximum Gasteiger partial charge on any atom is 0.254 e. The second kappa shape index (κ2) is 8.10. The Kier molecular flexibility index (Phi) is 5.87. The van der Waals surface area contributed by atoms with Crippen LogP contribution in [-0.4, -0.2) is 61.1 Å². The molecule has 2 saturated heterocycles. The number of morpholine rings is 1. The van der Waals surface area contributed by atoms with Crippen molar-refractivity contribution in [2.75, 3.05) is 39.4 Å². The summed E-state index contributed by atoms with van der Waals surface area (Å²) in [5.41, 5.74) is 7.94. The van der Waals surface area contributed by atoms with E-state index in [1.807, 2.05) is 17.0 Å². The van der Waals surface area contributed by atoms with Gasteiger partial charge in [0.15, 0.2) is 0 Å². The van der Waals surface area contributed by atoms with Crippen molar-refractivity contribution in [3.63, 3.8) is 0 Å². The highest BCUT2D eigenvalue weighted by molar-refractivity contribution is 5.94. The molecule has 132 valence electrons. The highest BCUT2D eigenvalue weighted by Crippen LogP contribution is 2.24. The number of likely N-dealkylation sites (tertiary alicyclic amines) is 1. The normalized spacial score (nSPS) is 25.7. The molecule has 0 radical (unpaired) electrons. The fourth-order valence-corrected chi connectivity index (χ4v) is 3.80. The van der Waals surface area contributed by atoms with Crippen LogP contribution in [0.15, 0.2) is 24.3 Å². The summed E-state index contributed by atoms with van der Waals surface area (Å²) in [5.74, 6) is 0.600. The number of rotatable bonds is 4. The van der Waals surface area contributed by atoms with Crippen LogP contribution in [0, 0.1) is 5.92 Å². The van der Waals surface area contributed by atoms with Crippen molar-refractivity contribution >= 4 is 5.91 Å². The third kappa shape index (κ3) is 3.97. The van der Waals surface area contributed by atoms with E-state index in [2.05, 4.69) is 24.0 Å². The fraction of sp³-hybridized carbons (Fsp3) is 0.632. The molecule has 1 amide bonds. The standard InChI is InChI=1S/C19H29N3O2/c1-15-3-2-8-22(18(15)13-20)19(23)17-6-4-16(5-7-17)14-21-9-11-24-12-10-21/h4-7,15,18H,2-3,8-14,20H2,1H3/t15-,18+/m1/s1. The van der Waals surface area contributed by atoms with E-state index in [9.17, 15) is 4.79 Å². The first-order chi connectivity index (χ1) is 11.7. The highest BCUT2D eigenvalue weighted by atomic mass is 16.5. The predicted octanol–water partition coefficient (Wildman–Crippen LogP) is 1.72. The van der Waals surface area contributed by atoms with Crippen LogP contribution in [0.3, 0.4) is 0 Å². The third-order valence-electron chi connectivity index (χ3n) is 5.33. The molecule has 5 nitrogen and oxygen atoms in total. The lowest BCUT2D eigenvalue weighted by atomic mass is 9.90. The van der Waals surface area contributed by atoms with Gasteiger partial charge in [-0.15, -0.1) is 0 Å². The van der Waals surface area contributed by atoms with E-state index in [0.29, 0.717) is 12.5 Å². The molecule has 2 aliphatic heterocycles. The SMILES string of the molecule is C[C@@H]1CCCN(C(=O)c2ccc(CN3CCOCC3)cc2)[C@H]1CN. The van der Waals surface area contributed by atoms with Gasteiger partial charge in [0, 0.05) is 44.3 Å². The van der Waals surface area contributed by atoms with Crippen molar-refractivity contribution in [3.8, 4) is 0 Å². The van der Waals surface area contributed by atoms with Crippen LogP contribution in [0.2, 0.25) is 0 Å². The lowest BCUT2D eigenvalue weighted by molar-refractivity contribution is 0.0342. The van der Waals surface area contributed by atoms with Gasteiger partial charge in [0.05, 0.1) is 13.2 Å². The van der Waals surface area contributed by atoms with Gasteiger partial charge in [-0.25, -0.2) is 0 Å². The molecule has 0 aliphatic carbocycles. The van der Waals surface area contributed by atoms with Gasteiger partial charge in [-0.05, 0) is 36.5 Å². The third-order valence-corrected chi connectivity index (χ3v) is 5.33. The second-order valence-electron chi connectivity index (χ2n) is 7.01. The molecule has 0 bridgehead atoms. The number of benzene rings is 1. The second-order valence-corrected chi connectivity index (χ2v) is 7.01. The summed E-state index contributed by atoms with van der Waals surface area (Å²) in [7, 11) is 0. The van der Waals surface area contributed by atoms with Gasteiger partial charge in [-0.2, -0.15) is 0 Å². The molecule has 2 aliphatic rings. The molecule has 0 aromatic heterocycles. The van der Waals surface area contributed by atoms with Crippen LogP contribution >= 0.6 is 0 Å². The quantitative estimate of drug-likeness (QED) is 0.913. The molecular formula is C19H29N3O2. The molecule has 2 atom stereocenters. The molecule has 1 aromatic carbocycles. The lowest BCUT2D eigenvalue weighted by Crippen LogP contribution is -2.51. The average Bonchev–Trinajstić information content (AvgIpc) is 2.62. The van der Waals surface area contributed by atoms with Gasteiger partial charge in [0.1, 0.15) is 0 Å². The molecule has 5 heteroatoms. The van der Waals surface area contributed by atoms with Gasteiger partial charge in [-0.1, -0.05) is 19.1 Å². The maximum absolute atomic E-state index is 12.9. The minimum atomic E-state index is 0.120. The predicted molar refractivity (Wildman–Crippen MR) is 94.8 cm³/mol. The maximum atomic E-state index is 12.9. The van der Waals surface area contributed by atoms with Gasteiger partial charge in [0.2, 0.25) is 0 Å². The number of amides is 1. The Bertz CT molecular complexity index is 540. The van der Waals surface area contributed by atoms with Crippen molar-refractivity contribution < 1.29 is 9.53 Å². The Morgan fingerprint density at radius 2 is 1.92 bits per heavy atom. The summed E-state index contributed by atoms with van der Waals surface area (Å²) in [5, 5.41) is 0. The van der Waals surface area contributed by atoms with Crippen LogP contribution in [-0.2, 0) is 11.3 Å². The van der Waals surface area contributed by atoms with Crippen LogP contribution < -0.4 is 5.73 Å². The zero-order valence-corrected chi connectivity index (χ0v) is 14.6. The molecule has 1 aromatic rings. The first-order valence-corrected chi connectivity index (χ1v) is 9.09. The van der Waals surface area contributed by atoms with E-state index in [1.165, 1.54) is 5.56 Å². The van der Waals surface area contributed by atoms with Crippen molar-refractivity contribution in [3.05, 3.63) is 35.4 Å². The zero-order valence-electron chi connectivity index (χ0n) is 14.6. The van der Waals surface area contributed by atoms with Crippen molar-refractivity contribution in [1.82, 2.24) is 9.80 Å². The monoisotopic (exact) mass is 331 g/mol. The summed E-state index contributed by atoms with van der Waals surface area (Å²) in [6, 6.07) is 8.25. The summed E-state index contributed by atoms with van der Waals surface area (Å²) in [4.78, 5) is 17.2. The van der Waals surface area contributed by atoms with Crippen LogP contribution in [0.4, 0.5) is 0 Å². The first kappa shape index (κ1) is 17.4. The van der Waals surface area contributed by atoms with E-state index in [4.69, 9.17) is 10.5 Å². The van der Waals surface area contributed by atoms with E-state index in [1.54, 1.807) is 0 Å². The lowest BCUT2D eigenvalue weighted by Gasteiger charge is -2.39. The van der Waals surface area contributed by atoms with E-state index in [-0.39, 0.29) is 11.9 Å². The minimum Gasteiger partial charge on any atom is -0.379 e. The number of nitrogens with two attached hydrogens (primary N) is 1. The Hall–Kier alpha value is -1.43. The summed E-state index contributed by atoms with van der Waals surface area (Å²) < 4.78 is 5.38. The van der Waals surface area contributed by atoms with Crippen LogP contribution in [0.5, 0.6) is 0 Å². The number of nitrogens with zero attached hydrogens (tertiary/aromatic N) is 2. The van der Waals surface area contributed by atoms with E-state index >= 15 is 0 Å². The average molecular weight is 331 g/mol. The van der Waals surface area contributed by atoms with Crippen LogP contribution in [0.1, 0.15) is 35.7 Å². The van der Waals surface area contributed by atoms with Crippen molar-refractivity contribution in [2.24, 2.45) is 11.7 Å². The van der Waals surface area contributed by atoms with Gasteiger partial charge in [-0.3, -0.25) is 9.69 Å². The van der Waals surface area contributed by atoms with Crippen molar-refractivity contribution in [1.29, 1.82) is 0 Å². The molecular weight excluding hydrogens is 302 g/mol. The summed E-state index contributed by atoms with van der Waals surface area (Å²) in [6.45, 7) is 8.05. The van der Waals surface area contributed by atoms with Crippen LogP contribution in [0.25, 0.3) is 0 Å². The number of carbonyl (C=O) groups is 1. The van der Waals surface area contributed by atoms with Gasteiger partial charge >= 0.3 is 0 Å². The molecule has 24 heavy (non-hydrogen) atoms. The Labute approximate surface area is 144 Å². The number of piperidine rings is 1. The van der Waals surface area contributed by atoms with E-state index < -0.39 is 0 Å². The minimum absolute atomic E-state index is 0.120. The van der Waals surface area contributed by atoms with Gasteiger partial charge < -0.3 is 15.4 Å². The summed E-state index contributed by atoms with van der Waals surface area (Å²) in [6.07, 6.45) is 2.22. The number of hydrogen-bond acceptors (Lipinski definition) is 4. The number of carbonyl (C=O) groups excluding carboxylic acids is 1. The fourth-order valence-electron chi connectivity index (χ4n) is 3.80. The molecule has 0 saturated carbocycles. The molecule has 0 unspecified atom stereocenters. The zero-order chi connectivity index (χ0) is 16.9. The molecule has 2 heterocycles. The number of hydrogen-bond donors (Lipinski definition) is 1. The molecule has 2 fully saturated rings. The Morgan fingerprint density at radius 1 is 1.21 bits per heavy atom. The first-order valence-electron chi connectivity index (χ1n) is 9.09. The Balaban J connectivity index is 1.64. The topological polar surface area (TPSA) is 58.8 Å². The summed E-state index contributed by atoms with van der Waals surface area (Å²) >= 11 is 0. The smallest absolute Gasteiger partial charge is 0.254 e. The van der Waals surface area contributed by atoms with Crippen molar-refractivity contribution in [2.45, 2.75) is 32.4 Å². The molecule has 3 rings (SSSR count). The Morgan fingerprint density at radius 3 is 2.58 bits per heavy atom. The molecule has 0 spiro atoms. The largest absolute Gasteiger partial charge is 0.379 e.